The minimum atomic E-state index is -1.04. The van der Waals surface area contributed by atoms with Crippen LogP contribution in [0.15, 0.2) is 21.7 Å². The third-order valence-corrected chi connectivity index (χ3v) is 1.63. The van der Waals surface area contributed by atoms with Crippen molar-refractivity contribution in [1.82, 2.24) is 0 Å². The molecular formula is C9H10BrNO2. The average molecular weight is 244 g/mol. The molecule has 0 amide bonds. The Labute approximate surface area is 85.5 Å². The van der Waals surface area contributed by atoms with Gasteiger partial charge < -0.3 is 5.11 Å². The predicted octanol–water partition coefficient (Wildman–Crippen LogP) is 2.60. The van der Waals surface area contributed by atoms with E-state index in [1.807, 2.05) is 6.07 Å². The Bertz CT molecular complexity index is 306. The molecule has 0 heterocycles. The van der Waals surface area contributed by atoms with Crippen LogP contribution in [0.1, 0.15) is 20.3 Å². The van der Waals surface area contributed by atoms with Crippen LogP contribution < -0.4 is 0 Å². The largest absolute Gasteiger partial charge is 0.478 e. The van der Waals surface area contributed by atoms with Gasteiger partial charge in [-0.05, 0) is 23.9 Å². The van der Waals surface area contributed by atoms with Gasteiger partial charge in [-0.15, -0.1) is 0 Å². The molecule has 0 atom stereocenters. The zero-order valence-corrected chi connectivity index (χ0v) is 9.05. The molecule has 0 spiro atoms. The number of carboxylic acids is 1. The van der Waals surface area contributed by atoms with Crippen molar-refractivity contribution in [1.29, 1.82) is 5.26 Å². The molecule has 0 fully saturated rings. The molecule has 0 saturated heterocycles. The molecule has 0 rings (SSSR count). The molecule has 0 aromatic rings. The van der Waals surface area contributed by atoms with Crippen LogP contribution >= 0.6 is 15.9 Å². The van der Waals surface area contributed by atoms with E-state index in [4.69, 9.17) is 10.4 Å². The number of hydrogen-bond donors (Lipinski definition) is 1. The first-order valence-corrected chi connectivity index (χ1v) is 4.52. The highest BCUT2D eigenvalue weighted by atomic mass is 79.9. The number of nitrogens with zero attached hydrogens (tertiary/aromatic N) is 1. The standard InChI is InChI=1S/C9H10BrNO2/c1-3-8(9(12)13)7(5-11)4-6(2)10/h4H,3H2,1-2H3,(H,12,13)/b6-4+,8-7-. The first-order valence-electron chi connectivity index (χ1n) is 3.73. The van der Waals surface area contributed by atoms with Crippen LogP contribution in [-0.2, 0) is 4.79 Å². The van der Waals surface area contributed by atoms with Crippen LogP contribution in [0.4, 0.5) is 0 Å². The smallest absolute Gasteiger partial charge is 0.332 e. The van der Waals surface area contributed by atoms with Crippen LogP contribution in [0.5, 0.6) is 0 Å². The molecule has 0 aliphatic rings. The SMILES string of the molecule is CC/C(C(=O)O)=C(C#N)\C=C(/C)Br. The zero-order valence-electron chi connectivity index (χ0n) is 7.47. The van der Waals surface area contributed by atoms with E-state index in [0.29, 0.717) is 6.42 Å². The van der Waals surface area contributed by atoms with E-state index in [1.54, 1.807) is 13.8 Å². The normalized spacial score (nSPS) is 13.2. The lowest BCUT2D eigenvalue weighted by Gasteiger charge is -1.98. The highest BCUT2D eigenvalue weighted by Crippen LogP contribution is 2.14. The number of halogens is 1. The lowest BCUT2D eigenvalue weighted by atomic mass is 10.1. The van der Waals surface area contributed by atoms with Crippen molar-refractivity contribution >= 4 is 21.9 Å². The van der Waals surface area contributed by atoms with Crippen molar-refractivity contribution in [3.8, 4) is 6.07 Å². The second-order valence-corrected chi connectivity index (χ2v) is 3.64. The molecule has 70 valence electrons. The fraction of sp³-hybridized carbons (Fsp3) is 0.333. The number of rotatable bonds is 3. The van der Waals surface area contributed by atoms with Gasteiger partial charge >= 0.3 is 5.97 Å². The lowest BCUT2D eigenvalue weighted by molar-refractivity contribution is -0.132. The quantitative estimate of drug-likeness (QED) is 0.471. The summed E-state index contributed by atoms with van der Waals surface area (Å²) in [7, 11) is 0. The van der Waals surface area contributed by atoms with E-state index >= 15 is 0 Å². The molecule has 0 aromatic heterocycles. The van der Waals surface area contributed by atoms with E-state index in [2.05, 4.69) is 15.9 Å². The Balaban J connectivity index is 5.22. The maximum absolute atomic E-state index is 10.7. The Kier molecular flexibility index (Phi) is 5.09. The number of nitriles is 1. The fourth-order valence-corrected chi connectivity index (χ4v) is 1.07. The van der Waals surface area contributed by atoms with Crippen LogP contribution in [0.2, 0.25) is 0 Å². The zero-order chi connectivity index (χ0) is 10.4. The summed E-state index contributed by atoms with van der Waals surface area (Å²) in [5.74, 6) is -1.04. The van der Waals surface area contributed by atoms with Crippen LogP contribution in [0, 0.1) is 11.3 Å². The lowest BCUT2D eigenvalue weighted by Crippen LogP contribution is -2.02. The van der Waals surface area contributed by atoms with Gasteiger partial charge in [0.15, 0.2) is 0 Å². The minimum absolute atomic E-state index is 0.140. The number of aliphatic carboxylic acids is 1. The highest BCUT2D eigenvalue weighted by Gasteiger charge is 2.10. The Morgan fingerprint density at radius 3 is 2.46 bits per heavy atom. The third-order valence-electron chi connectivity index (χ3n) is 1.40. The van der Waals surface area contributed by atoms with Gasteiger partial charge in [-0.3, -0.25) is 0 Å². The Morgan fingerprint density at radius 2 is 2.23 bits per heavy atom. The van der Waals surface area contributed by atoms with Gasteiger partial charge in [0.25, 0.3) is 0 Å². The maximum atomic E-state index is 10.7. The van der Waals surface area contributed by atoms with Crippen molar-refractivity contribution in [3.05, 3.63) is 21.7 Å². The van der Waals surface area contributed by atoms with Crippen LogP contribution in [-0.4, -0.2) is 11.1 Å². The first-order chi connectivity index (χ1) is 6.02. The number of allylic oxidation sites excluding steroid dienone is 3. The third kappa shape index (κ3) is 3.90. The number of carbonyl (C=O) groups is 1. The molecule has 0 radical (unpaired) electrons. The van der Waals surface area contributed by atoms with Gasteiger partial charge in [-0.2, -0.15) is 5.26 Å². The van der Waals surface area contributed by atoms with Gasteiger partial charge in [0, 0.05) is 0 Å². The monoisotopic (exact) mass is 243 g/mol. The van der Waals surface area contributed by atoms with Crippen LogP contribution in [0.3, 0.4) is 0 Å². The molecule has 0 aliphatic carbocycles. The number of carboxylic acid groups (broad SMARTS) is 1. The number of hydrogen-bond acceptors (Lipinski definition) is 2. The van der Waals surface area contributed by atoms with Gasteiger partial charge in [-0.25, -0.2) is 4.79 Å². The average Bonchev–Trinajstić information content (AvgIpc) is 2.02. The summed E-state index contributed by atoms with van der Waals surface area (Å²) in [4.78, 5) is 10.7. The summed E-state index contributed by atoms with van der Waals surface area (Å²) in [5, 5.41) is 17.4. The van der Waals surface area contributed by atoms with E-state index in [0.717, 1.165) is 4.48 Å². The van der Waals surface area contributed by atoms with E-state index in [9.17, 15) is 4.79 Å². The second-order valence-electron chi connectivity index (χ2n) is 2.39. The molecular weight excluding hydrogens is 234 g/mol. The van der Waals surface area contributed by atoms with Gasteiger partial charge in [0.05, 0.1) is 17.2 Å². The van der Waals surface area contributed by atoms with Gasteiger partial charge in [-0.1, -0.05) is 22.9 Å². The van der Waals surface area contributed by atoms with E-state index in [-0.39, 0.29) is 11.1 Å². The van der Waals surface area contributed by atoms with E-state index < -0.39 is 5.97 Å². The van der Waals surface area contributed by atoms with Crippen LogP contribution in [0.25, 0.3) is 0 Å². The molecule has 0 aromatic carbocycles. The van der Waals surface area contributed by atoms with Crippen molar-refractivity contribution < 1.29 is 9.90 Å². The Morgan fingerprint density at radius 1 is 1.69 bits per heavy atom. The fourth-order valence-electron chi connectivity index (χ4n) is 0.843. The molecule has 1 N–H and O–H groups in total. The summed E-state index contributed by atoms with van der Waals surface area (Å²) in [6, 6.07) is 1.86. The summed E-state index contributed by atoms with van der Waals surface area (Å²) >= 11 is 3.15. The predicted molar refractivity (Wildman–Crippen MR) is 53.2 cm³/mol. The molecule has 4 heteroatoms. The summed E-state index contributed by atoms with van der Waals surface area (Å²) in [6.07, 6.45) is 1.85. The van der Waals surface area contributed by atoms with Crippen molar-refractivity contribution in [3.63, 3.8) is 0 Å². The summed E-state index contributed by atoms with van der Waals surface area (Å²) < 4.78 is 0.733. The minimum Gasteiger partial charge on any atom is -0.478 e. The molecule has 0 unspecified atom stereocenters. The first kappa shape index (κ1) is 11.9. The van der Waals surface area contributed by atoms with Gasteiger partial charge in [0.2, 0.25) is 0 Å². The molecule has 0 aliphatic heterocycles. The molecule has 13 heavy (non-hydrogen) atoms. The topological polar surface area (TPSA) is 61.1 Å². The molecule has 0 bridgehead atoms. The maximum Gasteiger partial charge on any atom is 0.332 e. The summed E-state index contributed by atoms with van der Waals surface area (Å²) in [5.41, 5.74) is 0.339. The Hall–Kier alpha value is -1.08. The highest BCUT2D eigenvalue weighted by molar-refractivity contribution is 9.11. The van der Waals surface area contributed by atoms with Crippen molar-refractivity contribution in [2.75, 3.05) is 0 Å². The summed E-state index contributed by atoms with van der Waals surface area (Å²) in [6.45, 7) is 3.45. The molecule has 0 saturated carbocycles. The van der Waals surface area contributed by atoms with Crippen molar-refractivity contribution in [2.45, 2.75) is 20.3 Å². The van der Waals surface area contributed by atoms with Gasteiger partial charge in [0.1, 0.15) is 0 Å². The van der Waals surface area contributed by atoms with Crippen molar-refractivity contribution in [2.24, 2.45) is 0 Å². The second kappa shape index (κ2) is 5.55. The van der Waals surface area contributed by atoms with E-state index in [1.165, 1.54) is 6.08 Å². The molecule has 3 nitrogen and oxygen atoms in total.